The fourth-order valence-electron chi connectivity index (χ4n) is 2.39. The van der Waals surface area contributed by atoms with Crippen molar-refractivity contribution in [3.05, 3.63) is 35.4 Å². The third-order valence-electron chi connectivity index (χ3n) is 3.41. The molecular formula is C16H20. The molecule has 1 aliphatic rings. The van der Waals surface area contributed by atoms with Crippen LogP contribution in [-0.4, -0.2) is 0 Å². The molecule has 2 atom stereocenters. The molecule has 0 saturated heterocycles. The highest BCUT2D eigenvalue weighted by atomic mass is 14.2. The van der Waals surface area contributed by atoms with Crippen LogP contribution in [-0.2, 0) is 0 Å². The second-order valence-electron chi connectivity index (χ2n) is 5.10. The monoisotopic (exact) mass is 212 g/mol. The molecule has 0 heterocycles. The van der Waals surface area contributed by atoms with E-state index in [4.69, 9.17) is 0 Å². The summed E-state index contributed by atoms with van der Waals surface area (Å²) in [5, 5.41) is 0. The molecule has 1 fully saturated rings. The molecule has 0 aliphatic heterocycles. The van der Waals surface area contributed by atoms with Gasteiger partial charge in [0.1, 0.15) is 0 Å². The van der Waals surface area contributed by atoms with E-state index >= 15 is 0 Å². The van der Waals surface area contributed by atoms with Crippen molar-refractivity contribution >= 4 is 0 Å². The quantitative estimate of drug-likeness (QED) is 0.566. The Morgan fingerprint density at radius 3 is 2.56 bits per heavy atom. The van der Waals surface area contributed by atoms with Gasteiger partial charge in [0.25, 0.3) is 0 Å². The molecule has 1 aromatic rings. The summed E-state index contributed by atoms with van der Waals surface area (Å²) < 4.78 is 0. The first-order chi connectivity index (χ1) is 7.74. The molecule has 16 heavy (non-hydrogen) atoms. The van der Waals surface area contributed by atoms with Crippen LogP contribution >= 0.6 is 0 Å². The van der Waals surface area contributed by atoms with E-state index in [1.54, 1.807) is 0 Å². The predicted molar refractivity (Wildman–Crippen MR) is 69.2 cm³/mol. The Bertz CT molecular complexity index is 388. The number of hydrogen-bond donors (Lipinski definition) is 0. The van der Waals surface area contributed by atoms with Gasteiger partial charge in [0.05, 0.1) is 0 Å². The van der Waals surface area contributed by atoms with Crippen LogP contribution in [0.5, 0.6) is 0 Å². The van der Waals surface area contributed by atoms with Gasteiger partial charge in [-0.15, -0.1) is 0 Å². The molecule has 0 heteroatoms. The first-order valence-electron chi connectivity index (χ1n) is 6.32. The average Bonchev–Trinajstić information content (AvgIpc) is 2.28. The summed E-state index contributed by atoms with van der Waals surface area (Å²) in [7, 11) is 0. The maximum Gasteiger partial charge on any atom is 0.0245 e. The van der Waals surface area contributed by atoms with E-state index in [9.17, 15) is 0 Å². The van der Waals surface area contributed by atoms with E-state index in [1.807, 2.05) is 0 Å². The van der Waals surface area contributed by atoms with Crippen molar-refractivity contribution in [3.63, 3.8) is 0 Å². The highest BCUT2D eigenvalue weighted by Gasteiger charge is 2.16. The van der Waals surface area contributed by atoms with Crippen LogP contribution in [0, 0.1) is 30.6 Å². The zero-order valence-corrected chi connectivity index (χ0v) is 10.3. The van der Waals surface area contributed by atoms with Crippen LogP contribution in [0.4, 0.5) is 0 Å². The molecule has 1 aromatic carbocycles. The predicted octanol–water partition coefficient (Wildman–Crippen LogP) is 4.17. The summed E-state index contributed by atoms with van der Waals surface area (Å²) >= 11 is 0. The molecule has 0 bridgehead atoms. The van der Waals surface area contributed by atoms with E-state index in [0.29, 0.717) is 5.92 Å². The summed E-state index contributed by atoms with van der Waals surface area (Å²) in [6.45, 7) is 4.46. The maximum atomic E-state index is 3.44. The molecule has 0 nitrogen and oxygen atoms in total. The van der Waals surface area contributed by atoms with Gasteiger partial charge in [0.2, 0.25) is 0 Å². The fraction of sp³-hybridized carbons (Fsp3) is 0.500. The first kappa shape index (κ1) is 11.3. The van der Waals surface area contributed by atoms with Crippen molar-refractivity contribution in [1.29, 1.82) is 0 Å². The Balaban J connectivity index is 2.01. The third kappa shape index (κ3) is 3.14. The summed E-state index contributed by atoms with van der Waals surface area (Å²) in [6, 6.07) is 8.50. The fourth-order valence-corrected chi connectivity index (χ4v) is 2.39. The van der Waals surface area contributed by atoms with Gasteiger partial charge in [0.15, 0.2) is 0 Å². The molecule has 0 N–H and O–H groups in total. The first-order valence-corrected chi connectivity index (χ1v) is 6.32. The minimum Gasteiger partial charge on any atom is -0.0945 e. The molecule has 2 rings (SSSR count). The van der Waals surface area contributed by atoms with Crippen molar-refractivity contribution in [1.82, 2.24) is 0 Å². The molecule has 0 aromatic heterocycles. The lowest BCUT2D eigenvalue weighted by Gasteiger charge is -2.22. The van der Waals surface area contributed by atoms with Crippen molar-refractivity contribution in [2.45, 2.75) is 39.5 Å². The van der Waals surface area contributed by atoms with E-state index in [0.717, 1.165) is 11.5 Å². The van der Waals surface area contributed by atoms with E-state index < -0.39 is 0 Å². The Morgan fingerprint density at radius 2 is 1.88 bits per heavy atom. The van der Waals surface area contributed by atoms with Gasteiger partial charge in [-0.05, 0) is 37.8 Å². The van der Waals surface area contributed by atoms with Crippen LogP contribution in [0.3, 0.4) is 0 Å². The van der Waals surface area contributed by atoms with Gasteiger partial charge in [-0.25, -0.2) is 0 Å². The second kappa shape index (κ2) is 5.21. The average molecular weight is 212 g/mol. The van der Waals surface area contributed by atoms with Crippen molar-refractivity contribution < 1.29 is 0 Å². The molecule has 0 radical (unpaired) electrons. The minimum atomic E-state index is 0.630. The topological polar surface area (TPSA) is 0 Å². The number of aryl methyl sites for hydroxylation is 1. The van der Waals surface area contributed by atoms with Crippen LogP contribution in [0.2, 0.25) is 0 Å². The van der Waals surface area contributed by atoms with Crippen LogP contribution in [0.1, 0.15) is 43.7 Å². The van der Waals surface area contributed by atoms with E-state index in [-0.39, 0.29) is 0 Å². The standard InChI is InChI=1S/C16H20/c1-13-6-8-15(9-7-13)10-11-16-5-3-4-14(2)12-16/h6-9,14,16H,3-5,12H2,1-2H3. The summed E-state index contributed by atoms with van der Waals surface area (Å²) in [5.74, 6) is 8.25. The molecule has 1 saturated carbocycles. The minimum absolute atomic E-state index is 0.630. The zero-order valence-electron chi connectivity index (χ0n) is 10.3. The van der Waals surface area contributed by atoms with Crippen LogP contribution in [0.15, 0.2) is 24.3 Å². The lowest BCUT2D eigenvalue weighted by Crippen LogP contribution is -2.11. The van der Waals surface area contributed by atoms with E-state index in [2.05, 4.69) is 50.0 Å². The molecule has 0 spiro atoms. The van der Waals surface area contributed by atoms with Crippen molar-refractivity contribution in [3.8, 4) is 11.8 Å². The number of benzene rings is 1. The van der Waals surface area contributed by atoms with Gasteiger partial charge >= 0.3 is 0 Å². The molecule has 0 amide bonds. The zero-order chi connectivity index (χ0) is 11.4. The van der Waals surface area contributed by atoms with Crippen LogP contribution in [0.25, 0.3) is 0 Å². The lowest BCUT2D eigenvalue weighted by molar-refractivity contribution is 0.333. The van der Waals surface area contributed by atoms with E-state index in [1.165, 1.54) is 31.2 Å². The summed E-state index contributed by atoms with van der Waals surface area (Å²) in [6.07, 6.45) is 5.33. The van der Waals surface area contributed by atoms with Gasteiger partial charge in [-0.3, -0.25) is 0 Å². The van der Waals surface area contributed by atoms with Gasteiger partial charge in [-0.1, -0.05) is 49.3 Å². The molecule has 1 aliphatic carbocycles. The Labute approximate surface area is 99.1 Å². The van der Waals surface area contributed by atoms with Crippen molar-refractivity contribution in [2.75, 3.05) is 0 Å². The molecule has 2 unspecified atom stereocenters. The van der Waals surface area contributed by atoms with Gasteiger partial charge < -0.3 is 0 Å². The largest absolute Gasteiger partial charge is 0.0945 e. The number of hydrogen-bond acceptors (Lipinski definition) is 0. The van der Waals surface area contributed by atoms with Gasteiger partial charge in [-0.2, -0.15) is 0 Å². The highest BCUT2D eigenvalue weighted by molar-refractivity contribution is 5.36. The SMILES string of the molecule is Cc1ccc(C#CC2CCCC(C)C2)cc1. The smallest absolute Gasteiger partial charge is 0.0245 e. The maximum absolute atomic E-state index is 3.44. The normalized spacial score (nSPS) is 24.6. The lowest BCUT2D eigenvalue weighted by atomic mass is 9.83. The number of rotatable bonds is 0. The second-order valence-corrected chi connectivity index (χ2v) is 5.10. The molecular weight excluding hydrogens is 192 g/mol. The Hall–Kier alpha value is -1.22. The summed E-state index contributed by atoms with van der Waals surface area (Å²) in [4.78, 5) is 0. The Morgan fingerprint density at radius 1 is 1.12 bits per heavy atom. The summed E-state index contributed by atoms with van der Waals surface area (Å²) in [5.41, 5.74) is 2.46. The van der Waals surface area contributed by atoms with Crippen LogP contribution < -0.4 is 0 Å². The Kier molecular flexibility index (Phi) is 3.67. The molecule has 84 valence electrons. The third-order valence-corrected chi connectivity index (χ3v) is 3.41. The highest BCUT2D eigenvalue weighted by Crippen LogP contribution is 2.27. The van der Waals surface area contributed by atoms with Gasteiger partial charge in [0, 0.05) is 11.5 Å². The van der Waals surface area contributed by atoms with Crippen molar-refractivity contribution in [2.24, 2.45) is 11.8 Å².